The number of fused-ring (bicyclic) bond motifs is 1. The molecule has 2 rings (SSSR count). The van der Waals surface area contributed by atoms with E-state index in [0.29, 0.717) is 11.4 Å². The first-order valence-electron chi connectivity index (χ1n) is 6.14. The summed E-state index contributed by atoms with van der Waals surface area (Å²) in [6.45, 7) is 0. The van der Waals surface area contributed by atoms with E-state index in [-0.39, 0.29) is 5.97 Å². The Hall–Kier alpha value is -1.24. The fourth-order valence-electron chi connectivity index (χ4n) is 1.74. The second-order valence-electron chi connectivity index (χ2n) is 4.32. The molecule has 0 aromatic carbocycles. The third-order valence-corrected chi connectivity index (χ3v) is 4.04. The highest BCUT2D eigenvalue weighted by Gasteiger charge is 2.12. The summed E-state index contributed by atoms with van der Waals surface area (Å²) >= 11 is 7.61. The number of hydrogen-bond donors (Lipinski definition) is 1. The first-order valence-corrected chi connectivity index (χ1v) is 7.67. The zero-order valence-corrected chi connectivity index (χ0v) is 12.7. The maximum Gasteiger partial charge on any atom is 0.322 e. The number of imidazole rings is 1. The molecule has 7 heteroatoms. The first-order chi connectivity index (χ1) is 9.60. The van der Waals surface area contributed by atoms with Crippen molar-refractivity contribution in [1.82, 2.24) is 9.38 Å². The van der Waals surface area contributed by atoms with Crippen molar-refractivity contribution in [3.63, 3.8) is 0 Å². The number of nitrogens with two attached hydrogens (primary N) is 1. The van der Waals surface area contributed by atoms with E-state index in [0.717, 1.165) is 22.8 Å². The molecule has 2 N–H and O–H groups in total. The second-order valence-corrected chi connectivity index (χ2v) is 5.86. The van der Waals surface area contributed by atoms with Crippen LogP contribution in [0.25, 0.3) is 5.65 Å². The number of thioether (sulfide) groups is 1. The molecule has 0 saturated heterocycles. The highest BCUT2D eigenvalue weighted by Crippen LogP contribution is 2.16. The van der Waals surface area contributed by atoms with Gasteiger partial charge in [-0.3, -0.25) is 4.79 Å². The summed E-state index contributed by atoms with van der Waals surface area (Å²) in [4.78, 5) is 15.6. The third-order valence-electron chi connectivity index (χ3n) is 2.79. The van der Waals surface area contributed by atoms with Gasteiger partial charge in [-0.05, 0) is 24.3 Å². The zero-order chi connectivity index (χ0) is 14.5. The van der Waals surface area contributed by atoms with Gasteiger partial charge in [-0.2, -0.15) is 11.8 Å². The minimum atomic E-state index is -0.549. The van der Waals surface area contributed by atoms with Crippen LogP contribution in [0.3, 0.4) is 0 Å². The molecule has 0 fully saturated rings. The van der Waals surface area contributed by atoms with Crippen molar-refractivity contribution in [3.05, 3.63) is 35.2 Å². The Morgan fingerprint density at radius 3 is 3.10 bits per heavy atom. The summed E-state index contributed by atoms with van der Waals surface area (Å²) in [6.07, 6.45) is 4.37. The maximum absolute atomic E-state index is 11.1. The van der Waals surface area contributed by atoms with Crippen LogP contribution in [0.15, 0.2) is 24.5 Å². The van der Waals surface area contributed by atoms with Gasteiger partial charge < -0.3 is 14.9 Å². The van der Waals surface area contributed by atoms with E-state index in [1.807, 2.05) is 28.9 Å². The highest BCUT2D eigenvalue weighted by atomic mass is 35.5. The zero-order valence-electron chi connectivity index (χ0n) is 11.1. The van der Waals surface area contributed by atoms with Crippen LogP contribution in [0.5, 0.6) is 0 Å². The molecule has 2 aromatic rings. The van der Waals surface area contributed by atoms with Gasteiger partial charge in [0, 0.05) is 18.1 Å². The quantitative estimate of drug-likeness (QED) is 0.653. The summed E-state index contributed by atoms with van der Waals surface area (Å²) in [5, 5.41) is 0.679. The molecule has 20 heavy (non-hydrogen) atoms. The van der Waals surface area contributed by atoms with Gasteiger partial charge >= 0.3 is 5.97 Å². The molecule has 0 radical (unpaired) electrons. The van der Waals surface area contributed by atoms with E-state index in [1.165, 1.54) is 7.11 Å². The van der Waals surface area contributed by atoms with Crippen LogP contribution in [0.2, 0.25) is 5.02 Å². The fraction of sp³-hybridized carbons (Fsp3) is 0.385. The lowest BCUT2D eigenvalue weighted by molar-refractivity contribution is -0.142. The van der Waals surface area contributed by atoms with Gasteiger partial charge in [0.1, 0.15) is 11.7 Å². The fourth-order valence-corrected chi connectivity index (χ4v) is 2.82. The van der Waals surface area contributed by atoms with Crippen LogP contribution in [-0.4, -0.2) is 34.3 Å². The summed E-state index contributed by atoms with van der Waals surface area (Å²) in [7, 11) is 1.34. The molecule has 108 valence electrons. The molecule has 0 spiro atoms. The Labute approximate surface area is 126 Å². The van der Waals surface area contributed by atoms with Crippen molar-refractivity contribution in [2.75, 3.05) is 12.9 Å². The molecule has 0 aliphatic carbocycles. The monoisotopic (exact) mass is 313 g/mol. The Bertz CT molecular complexity index is 602. The molecule has 0 aliphatic rings. The number of hydrogen-bond acceptors (Lipinski definition) is 5. The van der Waals surface area contributed by atoms with E-state index < -0.39 is 6.04 Å². The number of ether oxygens (including phenoxy) is 1. The number of pyridine rings is 1. The van der Waals surface area contributed by atoms with Gasteiger partial charge in [0.05, 0.1) is 17.8 Å². The van der Waals surface area contributed by atoms with Crippen molar-refractivity contribution in [2.24, 2.45) is 5.73 Å². The summed E-state index contributed by atoms with van der Waals surface area (Å²) in [5.41, 5.74) is 7.51. The van der Waals surface area contributed by atoms with Gasteiger partial charge in [0.25, 0.3) is 0 Å². The molecule has 0 bridgehead atoms. The first kappa shape index (κ1) is 15.2. The number of rotatable bonds is 6. The minimum Gasteiger partial charge on any atom is -0.468 e. The molecule has 0 saturated carbocycles. The molecule has 0 amide bonds. The SMILES string of the molecule is COC(=O)C(N)CCSCc1cn2cc(Cl)ccc2n1. The van der Waals surface area contributed by atoms with Crippen molar-refractivity contribution >= 4 is 35.0 Å². The lowest BCUT2D eigenvalue weighted by atomic mass is 10.2. The maximum atomic E-state index is 11.1. The predicted molar refractivity (Wildman–Crippen MR) is 81.0 cm³/mol. The van der Waals surface area contributed by atoms with Gasteiger partial charge in [-0.1, -0.05) is 11.6 Å². The molecule has 1 unspecified atom stereocenters. The van der Waals surface area contributed by atoms with Crippen LogP contribution >= 0.6 is 23.4 Å². The number of carbonyl (C=O) groups is 1. The van der Waals surface area contributed by atoms with Crippen LogP contribution in [0.1, 0.15) is 12.1 Å². The van der Waals surface area contributed by atoms with Crippen LogP contribution in [0, 0.1) is 0 Å². The topological polar surface area (TPSA) is 69.6 Å². The number of halogens is 1. The molecule has 2 heterocycles. The molecular formula is C13H16ClN3O2S. The van der Waals surface area contributed by atoms with Gasteiger partial charge in [-0.15, -0.1) is 0 Å². The average Bonchev–Trinajstić information content (AvgIpc) is 2.84. The molecular weight excluding hydrogens is 298 g/mol. The van der Waals surface area contributed by atoms with Crippen molar-refractivity contribution in [3.8, 4) is 0 Å². The smallest absolute Gasteiger partial charge is 0.322 e. The predicted octanol–water partition coefficient (Wildman–Crippen LogP) is 2.11. The molecule has 2 aromatic heterocycles. The number of carbonyl (C=O) groups excluding carboxylic acids is 1. The van der Waals surface area contributed by atoms with Crippen molar-refractivity contribution < 1.29 is 9.53 Å². The molecule has 5 nitrogen and oxygen atoms in total. The number of methoxy groups -OCH3 is 1. The standard InChI is InChI=1S/C13H16ClN3O2S/c1-19-13(18)11(15)4-5-20-8-10-7-17-6-9(14)2-3-12(17)16-10/h2-3,6-7,11H,4-5,8,15H2,1H3. The third kappa shape index (κ3) is 3.88. The Balaban J connectivity index is 1.82. The van der Waals surface area contributed by atoms with Gasteiger partial charge in [0.15, 0.2) is 0 Å². The van der Waals surface area contributed by atoms with Crippen LogP contribution in [-0.2, 0) is 15.3 Å². The summed E-state index contributed by atoms with van der Waals surface area (Å²) in [5.74, 6) is 1.19. The van der Waals surface area contributed by atoms with Crippen LogP contribution < -0.4 is 5.73 Å². The van der Waals surface area contributed by atoms with Crippen molar-refractivity contribution in [2.45, 2.75) is 18.2 Å². The van der Waals surface area contributed by atoms with Crippen molar-refractivity contribution in [1.29, 1.82) is 0 Å². The molecule has 1 atom stereocenters. The lowest BCUT2D eigenvalue weighted by Gasteiger charge is -2.07. The van der Waals surface area contributed by atoms with E-state index in [4.69, 9.17) is 17.3 Å². The Morgan fingerprint density at radius 1 is 1.55 bits per heavy atom. The van der Waals surface area contributed by atoms with E-state index >= 15 is 0 Å². The minimum absolute atomic E-state index is 0.368. The van der Waals surface area contributed by atoms with E-state index in [2.05, 4.69) is 9.72 Å². The Kier molecular flexibility index (Phi) is 5.28. The largest absolute Gasteiger partial charge is 0.468 e. The van der Waals surface area contributed by atoms with E-state index in [9.17, 15) is 4.79 Å². The summed E-state index contributed by atoms with van der Waals surface area (Å²) < 4.78 is 6.48. The van der Waals surface area contributed by atoms with E-state index in [1.54, 1.807) is 11.8 Å². The van der Waals surface area contributed by atoms with Gasteiger partial charge in [0.2, 0.25) is 0 Å². The normalized spacial score (nSPS) is 12.6. The number of aromatic nitrogens is 2. The number of nitrogens with zero attached hydrogens (tertiary/aromatic N) is 2. The average molecular weight is 314 g/mol. The highest BCUT2D eigenvalue weighted by molar-refractivity contribution is 7.98. The second kappa shape index (κ2) is 6.97. The Morgan fingerprint density at radius 2 is 2.35 bits per heavy atom. The number of esters is 1. The van der Waals surface area contributed by atoms with Gasteiger partial charge in [-0.25, -0.2) is 4.98 Å². The summed E-state index contributed by atoms with van der Waals surface area (Å²) in [6, 6.07) is 3.15. The van der Waals surface area contributed by atoms with Crippen LogP contribution in [0.4, 0.5) is 0 Å². The lowest BCUT2D eigenvalue weighted by Crippen LogP contribution is -2.31. The molecule has 0 aliphatic heterocycles.